The van der Waals surface area contributed by atoms with Crippen LogP contribution in [0.5, 0.6) is 0 Å². The lowest BCUT2D eigenvalue weighted by molar-refractivity contribution is -0.154. The summed E-state index contributed by atoms with van der Waals surface area (Å²) in [5.41, 5.74) is 3.48. The van der Waals surface area contributed by atoms with Gasteiger partial charge in [-0.1, -0.05) is 44.2 Å². The number of hydroxylamine groups is 1. The predicted octanol–water partition coefficient (Wildman–Crippen LogP) is 0.776. The van der Waals surface area contributed by atoms with E-state index in [-0.39, 0.29) is 12.5 Å². The number of carboxylic acids is 2. The molecule has 0 aliphatic carbocycles. The van der Waals surface area contributed by atoms with Crippen molar-refractivity contribution in [1.82, 2.24) is 10.8 Å². The molecule has 1 atom stereocenters. The topological polar surface area (TPSA) is 125 Å². The third kappa shape index (κ3) is 6.76. The molecule has 1 rings (SSSR count). The fourth-order valence-corrected chi connectivity index (χ4v) is 1.95. The molecular weight excluding hydrogens is 316 g/mol. The van der Waals surface area contributed by atoms with Gasteiger partial charge in [-0.05, 0) is 17.9 Å². The fraction of sp³-hybridized carbons (Fsp3) is 0.438. The summed E-state index contributed by atoms with van der Waals surface area (Å²) < 4.78 is 0. The number of rotatable bonds is 10. The zero-order valence-corrected chi connectivity index (χ0v) is 13.6. The number of carbonyl (C=O) groups excluding carboxylic acids is 1. The fourth-order valence-electron chi connectivity index (χ4n) is 1.95. The monoisotopic (exact) mass is 338 g/mol. The van der Waals surface area contributed by atoms with E-state index < -0.39 is 29.9 Å². The van der Waals surface area contributed by atoms with Gasteiger partial charge in [-0.15, -0.1) is 0 Å². The molecule has 8 heteroatoms. The van der Waals surface area contributed by atoms with E-state index in [0.717, 1.165) is 5.56 Å². The number of hydrogen-bond donors (Lipinski definition) is 4. The van der Waals surface area contributed by atoms with Gasteiger partial charge in [0.1, 0.15) is 6.04 Å². The minimum Gasteiger partial charge on any atom is -0.479 e. The van der Waals surface area contributed by atoms with Crippen molar-refractivity contribution in [2.24, 2.45) is 5.92 Å². The van der Waals surface area contributed by atoms with Crippen LogP contribution < -0.4 is 10.8 Å². The SMILES string of the molecule is CC(C)C[C@H](NOCc1ccccc1)C(=O)NC(C(=O)O)C(=O)O. The number of carboxylic acid groups (broad SMARTS) is 2. The van der Waals surface area contributed by atoms with Gasteiger partial charge in [-0.25, -0.2) is 9.59 Å². The molecule has 0 bridgehead atoms. The first-order valence-electron chi connectivity index (χ1n) is 7.48. The number of amides is 1. The summed E-state index contributed by atoms with van der Waals surface area (Å²) in [6.07, 6.45) is 0.354. The van der Waals surface area contributed by atoms with Crippen LogP contribution in [-0.2, 0) is 25.8 Å². The Bertz CT molecular complexity index is 547. The van der Waals surface area contributed by atoms with Gasteiger partial charge in [0.25, 0.3) is 0 Å². The van der Waals surface area contributed by atoms with Crippen LogP contribution in [0, 0.1) is 5.92 Å². The van der Waals surface area contributed by atoms with Gasteiger partial charge in [-0.3, -0.25) is 9.63 Å². The summed E-state index contributed by atoms with van der Waals surface area (Å²) in [6.45, 7) is 3.97. The molecule has 1 amide bonds. The number of nitrogens with one attached hydrogen (secondary N) is 2. The van der Waals surface area contributed by atoms with Gasteiger partial charge in [0.05, 0.1) is 6.61 Å². The highest BCUT2D eigenvalue weighted by Crippen LogP contribution is 2.07. The maximum absolute atomic E-state index is 12.2. The highest BCUT2D eigenvalue weighted by Gasteiger charge is 2.31. The average Bonchev–Trinajstić information content (AvgIpc) is 2.51. The molecule has 0 saturated heterocycles. The molecular formula is C16H22N2O6. The third-order valence-corrected chi connectivity index (χ3v) is 3.11. The second-order valence-electron chi connectivity index (χ2n) is 5.69. The van der Waals surface area contributed by atoms with Crippen molar-refractivity contribution < 1.29 is 29.4 Å². The molecule has 0 aromatic heterocycles. The molecule has 0 radical (unpaired) electrons. The van der Waals surface area contributed by atoms with Gasteiger partial charge in [0.2, 0.25) is 11.9 Å². The molecule has 0 heterocycles. The van der Waals surface area contributed by atoms with Crippen molar-refractivity contribution in [2.45, 2.75) is 39.0 Å². The van der Waals surface area contributed by atoms with E-state index in [4.69, 9.17) is 15.1 Å². The lowest BCUT2D eigenvalue weighted by atomic mass is 10.0. The Morgan fingerprint density at radius 2 is 1.67 bits per heavy atom. The first kappa shape index (κ1) is 19.6. The molecule has 0 fully saturated rings. The Morgan fingerprint density at radius 1 is 1.08 bits per heavy atom. The lowest BCUT2D eigenvalue weighted by Crippen LogP contribution is -2.53. The smallest absolute Gasteiger partial charge is 0.338 e. The van der Waals surface area contributed by atoms with Crippen LogP contribution >= 0.6 is 0 Å². The minimum absolute atomic E-state index is 0.113. The first-order chi connectivity index (χ1) is 11.3. The minimum atomic E-state index is -2.00. The number of aliphatic carboxylic acids is 2. The Balaban J connectivity index is 2.64. The van der Waals surface area contributed by atoms with Crippen molar-refractivity contribution in [3.05, 3.63) is 35.9 Å². The van der Waals surface area contributed by atoms with Gasteiger partial charge in [0.15, 0.2) is 0 Å². The van der Waals surface area contributed by atoms with Crippen LogP contribution in [0.3, 0.4) is 0 Å². The molecule has 132 valence electrons. The summed E-state index contributed by atoms with van der Waals surface area (Å²) in [7, 11) is 0. The van der Waals surface area contributed by atoms with Gasteiger partial charge >= 0.3 is 11.9 Å². The Hall–Kier alpha value is -2.45. The lowest BCUT2D eigenvalue weighted by Gasteiger charge is -2.21. The maximum atomic E-state index is 12.2. The normalized spacial score (nSPS) is 12.2. The number of hydrogen-bond acceptors (Lipinski definition) is 5. The summed E-state index contributed by atoms with van der Waals surface area (Å²) in [5.74, 6) is -3.90. The van der Waals surface area contributed by atoms with E-state index >= 15 is 0 Å². The first-order valence-corrected chi connectivity index (χ1v) is 7.48. The second-order valence-corrected chi connectivity index (χ2v) is 5.69. The van der Waals surface area contributed by atoms with Crippen molar-refractivity contribution in [2.75, 3.05) is 0 Å². The van der Waals surface area contributed by atoms with E-state index in [1.54, 1.807) is 0 Å². The van der Waals surface area contributed by atoms with Crippen LogP contribution in [0.25, 0.3) is 0 Å². The van der Waals surface area contributed by atoms with Crippen LogP contribution in [0.4, 0.5) is 0 Å². The molecule has 4 N–H and O–H groups in total. The van der Waals surface area contributed by atoms with E-state index in [0.29, 0.717) is 6.42 Å². The molecule has 1 aromatic carbocycles. The van der Waals surface area contributed by atoms with Crippen LogP contribution in [0.15, 0.2) is 30.3 Å². The Morgan fingerprint density at radius 3 is 2.17 bits per heavy atom. The van der Waals surface area contributed by atoms with Crippen molar-refractivity contribution in [1.29, 1.82) is 0 Å². The quantitative estimate of drug-likeness (QED) is 0.367. The summed E-state index contributed by atoms with van der Waals surface area (Å²) >= 11 is 0. The largest absolute Gasteiger partial charge is 0.479 e. The molecule has 0 aliphatic rings. The zero-order valence-electron chi connectivity index (χ0n) is 13.6. The highest BCUT2D eigenvalue weighted by atomic mass is 16.6. The van der Waals surface area contributed by atoms with Crippen molar-refractivity contribution in [3.8, 4) is 0 Å². The number of carbonyl (C=O) groups is 3. The van der Waals surface area contributed by atoms with Crippen molar-refractivity contribution in [3.63, 3.8) is 0 Å². The molecule has 0 unspecified atom stereocenters. The van der Waals surface area contributed by atoms with Crippen LogP contribution in [0.1, 0.15) is 25.8 Å². The van der Waals surface area contributed by atoms with E-state index in [1.807, 2.05) is 49.5 Å². The molecule has 0 saturated carbocycles. The van der Waals surface area contributed by atoms with E-state index in [2.05, 4.69) is 5.48 Å². The second kappa shape index (κ2) is 9.64. The standard InChI is InChI=1S/C16H22N2O6/c1-10(2)8-12(14(19)17-13(15(20)21)16(22)23)18-24-9-11-6-4-3-5-7-11/h3-7,10,12-13,18H,8-9H2,1-2H3,(H,17,19)(H,20,21)(H,22,23)/t12-/m0/s1. The summed E-state index contributed by atoms with van der Waals surface area (Å²) in [5, 5.41) is 19.7. The zero-order chi connectivity index (χ0) is 18.1. The molecule has 8 nitrogen and oxygen atoms in total. The Kier molecular flexibility index (Phi) is 7.87. The van der Waals surface area contributed by atoms with Gasteiger partial charge in [0, 0.05) is 0 Å². The van der Waals surface area contributed by atoms with Crippen LogP contribution in [-0.4, -0.2) is 40.1 Å². The van der Waals surface area contributed by atoms with E-state index in [9.17, 15) is 14.4 Å². The van der Waals surface area contributed by atoms with Crippen LogP contribution in [0.2, 0.25) is 0 Å². The Labute approximate surface area is 139 Å². The molecule has 1 aromatic rings. The van der Waals surface area contributed by atoms with Crippen molar-refractivity contribution >= 4 is 17.8 Å². The third-order valence-electron chi connectivity index (χ3n) is 3.11. The summed E-state index contributed by atoms with van der Waals surface area (Å²) in [6, 6.07) is 6.40. The highest BCUT2D eigenvalue weighted by molar-refractivity contribution is 6.01. The number of benzene rings is 1. The molecule has 0 aliphatic heterocycles. The van der Waals surface area contributed by atoms with Gasteiger partial charge < -0.3 is 15.5 Å². The summed E-state index contributed by atoms with van der Waals surface area (Å²) in [4.78, 5) is 39.2. The average molecular weight is 338 g/mol. The molecule has 24 heavy (non-hydrogen) atoms. The predicted molar refractivity (Wildman–Crippen MR) is 84.8 cm³/mol. The molecule has 0 spiro atoms. The van der Waals surface area contributed by atoms with Gasteiger partial charge in [-0.2, -0.15) is 5.48 Å². The van der Waals surface area contributed by atoms with E-state index in [1.165, 1.54) is 0 Å². The maximum Gasteiger partial charge on any atom is 0.338 e.